The van der Waals surface area contributed by atoms with E-state index in [2.05, 4.69) is 26.6 Å². The van der Waals surface area contributed by atoms with Crippen LogP contribution in [0, 0.1) is 5.82 Å². The van der Waals surface area contributed by atoms with E-state index in [0.29, 0.717) is 17.4 Å². The van der Waals surface area contributed by atoms with Crippen molar-refractivity contribution < 1.29 is 4.39 Å². The Morgan fingerprint density at radius 2 is 2.00 bits per heavy atom. The van der Waals surface area contributed by atoms with Crippen LogP contribution in [0.25, 0.3) is 31.9 Å². The van der Waals surface area contributed by atoms with Crippen LogP contribution in [0.4, 0.5) is 10.2 Å². The Balaban J connectivity index is 1.51. The number of benzene rings is 1. The van der Waals surface area contributed by atoms with Crippen LogP contribution in [-0.2, 0) is 0 Å². The highest BCUT2D eigenvalue weighted by Crippen LogP contribution is 2.35. The van der Waals surface area contributed by atoms with Crippen molar-refractivity contribution >= 4 is 27.4 Å². The Labute approximate surface area is 165 Å². The molecule has 142 valence electrons. The van der Waals surface area contributed by atoms with Gasteiger partial charge in [-0.15, -0.1) is 11.3 Å². The number of nitrogen functional groups attached to an aromatic ring is 1. The number of aromatic nitrogens is 4. The molecule has 0 amide bonds. The Morgan fingerprint density at radius 1 is 1.14 bits per heavy atom. The summed E-state index contributed by atoms with van der Waals surface area (Å²) in [7, 11) is 0. The number of hydrogen-bond donors (Lipinski definition) is 2. The third kappa shape index (κ3) is 3.14. The first-order chi connectivity index (χ1) is 13.7. The van der Waals surface area contributed by atoms with Crippen LogP contribution < -0.4 is 11.1 Å². The van der Waals surface area contributed by atoms with Crippen LogP contribution >= 0.6 is 11.3 Å². The van der Waals surface area contributed by atoms with Gasteiger partial charge in [0.1, 0.15) is 16.6 Å². The van der Waals surface area contributed by atoms with E-state index in [1.54, 1.807) is 12.3 Å². The van der Waals surface area contributed by atoms with Crippen LogP contribution in [0.15, 0.2) is 42.9 Å². The van der Waals surface area contributed by atoms with Crippen molar-refractivity contribution in [3.05, 3.63) is 48.7 Å². The number of rotatable bonds is 3. The quantitative estimate of drug-likeness (QED) is 0.551. The summed E-state index contributed by atoms with van der Waals surface area (Å²) >= 11 is 1.48. The maximum Gasteiger partial charge on any atom is 0.133 e. The highest BCUT2D eigenvalue weighted by molar-refractivity contribution is 7.21. The van der Waals surface area contributed by atoms with E-state index in [0.717, 1.165) is 52.3 Å². The first-order valence-electron chi connectivity index (χ1n) is 9.24. The lowest BCUT2D eigenvalue weighted by Crippen LogP contribution is -2.29. The molecule has 28 heavy (non-hydrogen) atoms. The number of nitrogens with zero attached hydrogens (tertiary/aromatic N) is 4. The van der Waals surface area contributed by atoms with Crippen molar-refractivity contribution in [3.63, 3.8) is 0 Å². The molecule has 1 saturated heterocycles. The number of nitrogens with one attached hydrogen (secondary N) is 1. The van der Waals surface area contributed by atoms with Crippen molar-refractivity contribution in [1.82, 2.24) is 25.1 Å². The van der Waals surface area contributed by atoms with Gasteiger partial charge in [-0.05, 0) is 44.1 Å². The molecule has 4 heterocycles. The molecule has 0 aliphatic carbocycles. The van der Waals surface area contributed by atoms with E-state index in [1.165, 1.54) is 23.5 Å². The number of anilines is 1. The Kier molecular flexibility index (Phi) is 4.29. The van der Waals surface area contributed by atoms with Gasteiger partial charge in [-0.2, -0.15) is 5.10 Å². The fourth-order valence-electron chi connectivity index (χ4n) is 3.58. The maximum atomic E-state index is 13.5. The number of fused-ring (bicyclic) bond motifs is 1. The van der Waals surface area contributed by atoms with Gasteiger partial charge in [-0.3, -0.25) is 4.68 Å². The second-order valence-corrected chi connectivity index (χ2v) is 8.01. The van der Waals surface area contributed by atoms with Crippen molar-refractivity contribution in [1.29, 1.82) is 0 Å². The first kappa shape index (κ1) is 17.3. The van der Waals surface area contributed by atoms with Crippen molar-refractivity contribution in [2.24, 2.45) is 0 Å². The Morgan fingerprint density at radius 3 is 2.86 bits per heavy atom. The van der Waals surface area contributed by atoms with Gasteiger partial charge in [0.2, 0.25) is 0 Å². The van der Waals surface area contributed by atoms with Crippen LogP contribution in [-0.4, -0.2) is 32.8 Å². The van der Waals surface area contributed by atoms with Gasteiger partial charge in [0.15, 0.2) is 0 Å². The van der Waals surface area contributed by atoms with E-state index in [-0.39, 0.29) is 5.82 Å². The molecule has 3 N–H and O–H groups in total. The maximum absolute atomic E-state index is 13.5. The summed E-state index contributed by atoms with van der Waals surface area (Å²) in [6.07, 6.45) is 7.85. The molecule has 0 spiro atoms. The van der Waals surface area contributed by atoms with Gasteiger partial charge >= 0.3 is 0 Å². The van der Waals surface area contributed by atoms with Gasteiger partial charge in [0.05, 0.1) is 28.0 Å². The smallest absolute Gasteiger partial charge is 0.133 e. The molecule has 5 rings (SSSR count). The lowest BCUT2D eigenvalue weighted by molar-refractivity contribution is 0.343. The molecule has 0 unspecified atom stereocenters. The average molecular weight is 394 g/mol. The standard InChI is InChI=1S/C20H19FN6S/c21-14-1-2-18-17(8-14)26-20(28-18)16-7-12(9-24-19(16)22)13-10-25-27(11-13)15-3-5-23-6-4-15/h1-2,7-11,15,23H,3-6H2,(H2,22,24). The predicted molar refractivity (Wildman–Crippen MR) is 110 cm³/mol. The van der Waals surface area contributed by atoms with E-state index in [9.17, 15) is 4.39 Å². The molecule has 1 aliphatic heterocycles. The molecule has 8 heteroatoms. The van der Waals surface area contributed by atoms with Crippen LogP contribution in [0.3, 0.4) is 0 Å². The molecule has 0 bridgehead atoms. The molecule has 1 fully saturated rings. The fraction of sp³-hybridized carbons (Fsp3) is 0.250. The third-order valence-corrected chi connectivity index (χ3v) is 6.19. The average Bonchev–Trinajstić information content (AvgIpc) is 3.36. The summed E-state index contributed by atoms with van der Waals surface area (Å²) in [5.41, 5.74) is 9.45. The summed E-state index contributed by atoms with van der Waals surface area (Å²) in [6.45, 7) is 2.04. The lowest BCUT2D eigenvalue weighted by atomic mass is 10.1. The zero-order valence-corrected chi connectivity index (χ0v) is 15.9. The van der Waals surface area contributed by atoms with Gasteiger partial charge in [-0.1, -0.05) is 0 Å². The van der Waals surface area contributed by atoms with E-state index in [1.807, 2.05) is 16.9 Å². The zero-order chi connectivity index (χ0) is 19.1. The van der Waals surface area contributed by atoms with Crippen molar-refractivity contribution in [2.45, 2.75) is 18.9 Å². The SMILES string of the molecule is Nc1ncc(-c2cnn(C3CCNCC3)c2)cc1-c1nc2cc(F)ccc2s1. The first-order valence-corrected chi connectivity index (χ1v) is 10.1. The van der Waals surface area contributed by atoms with Gasteiger partial charge in [0.25, 0.3) is 0 Å². The largest absolute Gasteiger partial charge is 0.383 e. The molecular weight excluding hydrogens is 375 g/mol. The predicted octanol–water partition coefficient (Wildman–Crippen LogP) is 3.87. The number of pyridine rings is 1. The monoisotopic (exact) mass is 394 g/mol. The number of nitrogens with two attached hydrogens (primary N) is 1. The van der Waals surface area contributed by atoms with E-state index >= 15 is 0 Å². The summed E-state index contributed by atoms with van der Waals surface area (Å²) < 4.78 is 16.4. The number of halogens is 1. The van der Waals surface area contributed by atoms with Crippen molar-refractivity contribution in [2.75, 3.05) is 18.8 Å². The second-order valence-electron chi connectivity index (χ2n) is 6.98. The third-order valence-electron chi connectivity index (χ3n) is 5.12. The van der Waals surface area contributed by atoms with Crippen LogP contribution in [0.1, 0.15) is 18.9 Å². The topological polar surface area (TPSA) is 81.6 Å². The van der Waals surface area contributed by atoms with Crippen LogP contribution in [0.2, 0.25) is 0 Å². The van der Waals surface area contributed by atoms with Gasteiger partial charge < -0.3 is 11.1 Å². The summed E-state index contributed by atoms with van der Waals surface area (Å²) in [5.74, 6) is 0.114. The minimum absolute atomic E-state index is 0.297. The zero-order valence-electron chi connectivity index (χ0n) is 15.1. The normalized spacial score (nSPS) is 15.3. The molecule has 0 radical (unpaired) electrons. The Bertz CT molecular complexity index is 1140. The molecule has 4 aromatic rings. The fourth-order valence-corrected chi connectivity index (χ4v) is 4.55. The minimum atomic E-state index is -0.297. The number of piperidine rings is 1. The second kappa shape index (κ2) is 6.96. The number of thiazole rings is 1. The Hall–Kier alpha value is -2.84. The summed E-state index contributed by atoms with van der Waals surface area (Å²) in [4.78, 5) is 8.91. The molecule has 1 aliphatic rings. The minimum Gasteiger partial charge on any atom is -0.383 e. The number of hydrogen-bond acceptors (Lipinski definition) is 6. The molecule has 0 saturated carbocycles. The van der Waals surface area contributed by atoms with Crippen molar-refractivity contribution in [3.8, 4) is 21.7 Å². The molecular formula is C20H19FN6S. The van der Waals surface area contributed by atoms with Gasteiger partial charge in [0, 0.05) is 29.6 Å². The summed E-state index contributed by atoms with van der Waals surface area (Å²) in [5, 5.41) is 8.67. The lowest BCUT2D eigenvalue weighted by Gasteiger charge is -2.22. The summed E-state index contributed by atoms with van der Waals surface area (Å²) in [6, 6.07) is 7.03. The highest BCUT2D eigenvalue weighted by Gasteiger charge is 2.17. The van der Waals surface area contributed by atoms with E-state index in [4.69, 9.17) is 5.73 Å². The molecule has 6 nitrogen and oxygen atoms in total. The molecule has 3 aromatic heterocycles. The van der Waals surface area contributed by atoms with Crippen LogP contribution in [0.5, 0.6) is 0 Å². The molecule has 1 aromatic carbocycles. The highest BCUT2D eigenvalue weighted by atomic mass is 32.1. The van der Waals surface area contributed by atoms with Gasteiger partial charge in [-0.25, -0.2) is 14.4 Å². The molecule has 0 atom stereocenters. The van der Waals surface area contributed by atoms with E-state index < -0.39 is 0 Å².